The number of benzene rings is 1. The Morgan fingerprint density at radius 2 is 2.14 bits per heavy atom. The molecule has 0 fully saturated rings. The molecule has 0 heterocycles. The van der Waals surface area contributed by atoms with E-state index in [0.717, 1.165) is 0 Å². The molecule has 1 aromatic rings. The predicted molar refractivity (Wildman–Crippen MR) is 54.2 cm³/mol. The summed E-state index contributed by atoms with van der Waals surface area (Å²) >= 11 is 5.86. The number of Topliss-reactive ketones (excluding diaryl/α,β-unsaturated/α-hetero) is 1. The van der Waals surface area contributed by atoms with Crippen LogP contribution < -0.4 is 4.74 Å². The highest BCUT2D eigenvalue weighted by molar-refractivity contribution is 6.32. The molecule has 0 spiro atoms. The Bertz CT molecular complexity index is 336. The van der Waals surface area contributed by atoms with E-state index in [1.807, 2.05) is 0 Å². The molecule has 0 amide bonds. The van der Waals surface area contributed by atoms with Gasteiger partial charge in [0.2, 0.25) is 0 Å². The van der Waals surface area contributed by atoms with Crippen LogP contribution in [-0.4, -0.2) is 26.6 Å². The van der Waals surface area contributed by atoms with E-state index >= 15 is 0 Å². The van der Waals surface area contributed by atoms with Gasteiger partial charge in [0.25, 0.3) is 0 Å². The van der Waals surface area contributed by atoms with Gasteiger partial charge in [-0.3, -0.25) is 4.79 Å². The van der Waals surface area contributed by atoms with E-state index in [1.54, 1.807) is 18.2 Å². The minimum Gasteiger partial charge on any atom is -0.495 e. The smallest absolute Gasteiger partial charge is 0.188 e. The molecule has 0 aliphatic rings. The average molecular weight is 215 g/mol. The molecule has 0 unspecified atom stereocenters. The first-order valence-electron chi connectivity index (χ1n) is 4.04. The molecule has 0 radical (unpaired) electrons. The Kier molecular flexibility index (Phi) is 3.92. The van der Waals surface area contributed by atoms with E-state index in [2.05, 4.69) is 0 Å². The second-order valence-corrected chi connectivity index (χ2v) is 3.11. The van der Waals surface area contributed by atoms with Gasteiger partial charge < -0.3 is 9.47 Å². The number of hydrogen-bond acceptors (Lipinski definition) is 3. The fourth-order valence-electron chi connectivity index (χ4n) is 1.05. The summed E-state index contributed by atoms with van der Waals surface area (Å²) in [6.45, 7) is 0.0582. The largest absolute Gasteiger partial charge is 0.495 e. The van der Waals surface area contributed by atoms with Crippen molar-refractivity contribution in [1.82, 2.24) is 0 Å². The molecular weight excluding hydrogens is 204 g/mol. The van der Waals surface area contributed by atoms with Crippen molar-refractivity contribution in [2.75, 3.05) is 20.8 Å². The number of ether oxygens (including phenoxy) is 2. The number of rotatable bonds is 4. The van der Waals surface area contributed by atoms with Crippen LogP contribution in [0.5, 0.6) is 5.75 Å². The fourth-order valence-corrected chi connectivity index (χ4v) is 1.31. The highest BCUT2D eigenvalue weighted by Gasteiger charge is 2.08. The van der Waals surface area contributed by atoms with Crippen molar-refractivity contribution >= 4 is 17.4 Å². The molecule has 14 heavy (non-hydrogen) atoms. The minimum absolute atomic E-state index is 0.0582. The number of carbonyl (C=O) groups excluding carboxylic acids is 1. The van der Waals surface area contributed by atoms with Crippen molar-refractivity contribution in [3.63, 3.8) is 0 Å². The third kappa shape index (κ3) is 2.47. The first-order chi connectivity index (χ1) is 6.69. The van der Waals surface area contributed by atoms with E-state index in [-0.39, 0.29) is 12.4 Å². The molecule has 0 aliphatic carbocycles. The maximum Gasteiger partial charge on any atom is 0.188 e. The van der Waals surface area contributed by atoms with Gasteiger partial charge in [-0.25, -0.2) is 0 Å². The summed E-state index contributed by atoms with van der Waals surface area (Å²) in [5, 5.41) is 0.425. The van der Waals surface area contributed by atoms with E-state index in [1.165, 1.54) is 14.2 Å². The summed E-state index contributed by atoms with van der Waals surface area (Å²) in [5.41, 5.74) is 0.526. The maximum absolute atomic E-state index is 11.4. The van der Waals surface area contributed by atoms with Crippen molar-refractivity contribution in [1.29, 1.82) is 0 Å². The zero-order valence-electron chi connectivity index (χ0n) is 8.04. The molecule has 0 saturated carbocycles. The number of methoxy groups -OCH3 is 2. The van der Waals surface area contributed by atoms with Gasteiger partial charge in [0, 0.05) is 12.7 Å². The topological polar surface area (TPSA) is 35.5 Å². The zero-order valence-corrected chi connectivity index (χ0v) is 8.80. The lowest BCUT2D eigenvalue weighted by Gasteiger charge is -2.04. The summed E-state index contributed by atoms with van der Waals surface area (Å²) < 4.78 is 9.70. The van der Waals surface area contributed by atoms with Crippen LogP contribution in [-0.2, 0) is 4.74 Å². The molecule has 4 heteroatoms. The Labute approximate surface area is 87.6 Å². The van der Waals surface area contributed by atoms with Crippen LogP contribution in [0.1, 0.15) is 10.4 Å². The third-order valence-corrected chi connectivity index (χ3v) is 2.04. The van der Waals surface area contributed by atoms with Crippen molar-refractivity contribution in [2.24, 2.45) is 0 Å². The summed E-state index contributed by atoms with van der Waals surface area (Å²) in [5.74, 6) is 0.456. The molecular formula is C10H11ClO3. The third-order valence-electron chi connectivity index (χ3n) is 1.75. The first kappa shape index (κ1) is 11.0. The maximum atomic E-state index is 11.4. The number of halogens is 1. The van der Waals surface area contributed by atoms with Gasteiger partial charge in [-0.05, 0) is 18.2 Å². The van der Waals surface area contributed by atoms with Gasteiger partial charge in [-0.2, -0.15) is 0 Å². The molecule has 76 valence electrons. The Morgan fingerprint density at radius 1 is 1.43 bits per heavy atom. The average Bonchev–Trinajstić information content (AvgIpc) is 2.18. The SMILES string of the molecule is COCC(=O)c1ccc(OC)c(Cl)c1. The van der Waals surface area contributed by atoms with Crippen molar-refractivity contribution < 1.29 is 14.3 Å². The van der Waals surface area contributed by atoms with E-state index < -0.39 is 0 Å². The molecule has 0 aromatic heterocycles. The Morgan fingerprint density at radius 3 is 2.64 bits per heavy atom. The molecule has 1 aromatic carbocycles. The lowest BCUT2D eigenvalue weighted by atomic mass is 10.1. The van der Waals surface area contributed by atoms with Crippen LogP contribution in [0.4, 0.5) is 0 Å². The molecule has 3 nitrogen and oxygen atoms in total. The monoisotopic (exact) mass is 214 g/mol. The van der Waals surface area contributed by atoms with Gasteiger partial charge in [-0.1, -0.05) is 11.6 Å². The summed E-state index contributed by atoms with van der Waals surface area (Å²) in [4.78, 5) is 11.4. The normalized spacial score (nSPS) is 9.93. The number of hydrogen-bond donors (Lipinski definition) is 0. The van der Waals surface area contributed by atoms with Crippen molar-refractivity contribution in [3.8, 4) is 5.75 Å². The van der Waals surface area contributed by atoms with Crippen LogP contribution >= 0.6 is 11.6 Å². The standard InChI is InChI=1S/C10H11ClO3/c1-13-6-9(12)7-3-4-10(14-2)8(11)5-7/h3-5H,6H2,1-2H3. The van der Waals surface area contributed by atoms with Gasteiger partial charge in [-0.15, -0.1) is 0 Å². The Balaban J connectivity index is 2.91. The van der Waals surface area contributed by atoms with Gasteiger partial charge in [0.1, 0.15) is 12.4 Å². The van der Waals surface area contributed by atoms with Crippen molar-refractivity contribution in [2.45, 2.75) is 0 Å². The second kappa shape index (κ2) is 4.98. The highest BCUT2D eigenvalue weighted by Crippen LogP contribution is 2.24. The lowest BCUT2D eigenvalue weighted by Crippen LogP contribution is -2.06. The van der Waals surface area contributed by atoms with E-state index in [0.29, 0.717) is 16.3 Å². The van der Waals surface area contributed by atoms with Crippen LogP contribution in [0.2, 0.25) is 5.02 Å². The molecule has 1 rings (SSSR count). The lowest BCUT2D eigenvalue weighted by molar-refractivity contribution is 0.0848. The van der Waals surface area contributed by atoms with Gasteiger partial charge in [0.15, 0.2) is 5.78 Å². The van der Waals surface area contributed by atoms with Gasteiger partial charge >= 0.3 is 0 Å². The quantitative estimate of drug-likeness (QED) is 0.721. The summed E-state index contributed by atoms with van der Waals surface area (Å²) in [6, 6.07) is 4.89. The molecule has 0 aliphatic heterocycles. The second-order valence-electron chi connectivity index (χ2n) is 2.71. The van der Waals surface area contributed by atoms with E-state index in [4.69, 9.17) is 21.1 Å². The van der Waals surface area contributed by atoms with Crippen LogP contribution in [0.3, 0.4) is 0 Å². The van der Waals surface area contributed by atoms with Gasteiger partial charge in [0.05, 0.1) is 12.1 Å². The summed E-state index contributed by atoms with van der Waals surface area (Å²) in [7, 11) is 3.00. The number of carbonyl (C=O) groups is 1. The van der Waals surface area contributed by atoms with Crippen LogP contribution in [0.25, 0.3) is 0 Å². The number of ketones is 1. The zero-order chi connectivity index (χ0) is 10.6. The molecule has 0 bridgehead atoms. The summed E-state index contributed by atoms with van der Waals surface area (Å²) in [6.07, 6.45) is 0. The van der Waals surface area contributed by atoms with Crippen LogP contribution in [0.15, 0.2) is 18.2 Å². The molecule has 0 atom stereocenters. The van der Waals surface area contributed by atoms with E-state index in [9.17, 15) is 4.79 Å². The van der Waals surface area contributed by atoms with Crippen LogP contribution in [0, 0.1) is 0 Å². The molecule has 0 saturated heterocycles. The first-order valence-corrected chi connectivity index (χ1v) is 4.42. The Hall–Kier alpha value is -1.06. The predicted octanol–water partition coefficient (Wildman–Crippen LogP) is 2.18. The highest BCUT2D eigenvalue weighted by atomic mass is 35.5. The minimum atomic E-state index is -0.1000. The fraction of sp³-hybridized carbons (Fsp3) is 0.300. The van der Waals surface area contributed by atoms with Crippen molar-refractivity contribution in [3.05, 3.63) is 28.8 Å². The molecule has 0 N–H and O–H groups in total.